The van der Waals surface area contributed by atoms with E-state index in [4.69, 9.17) is 41.6 Å². The number of benzene rings is 2. The quantitative estimate of drug-likeness (QED) is 0.350. The Morgan fingerprint density at radius 3 is 1.75 bits per heavy atom. The summed E-state index contributed by atoms with van der Waals surface area (Å²) >= 11 is 11.7. The van der Waals surface area contributed by atoms with E-state index in [1.54, 1.807) is 64.2 Å². The van der Waals surface area contributed by atoms with Gasteiger partial charge in [0, 0.05) is 31.9 Å². The number of ether oxygens (including phenoxy) is 2. The van der Waals surface area contributed by atoms with E-state index >= 15 is 0 Å². The first-order valence-corrected chi connectivity index (χ1v) is 14.8. The van der Waals surface area contributed by atoms with Crippen molar-refractivity contribution in [3.05, 3.63) is 59.7 Å². The summed E-state index contributed by atoms with van der Waals surface area (Å²) in [5, 5.41) is 2.69. The highest BCUT2D eigenvalue weighted by Crippen LogP contribution is 2.53. The van der Waals surface area contributed by atoms with Crippen LogP contribution in [0.25, 0.3) is 0 Å². The molecule has 0 spiro atoms. The van der Waals surface area contributed by atoms with Gasteiger partial charge in [-0.2, -0.15) is 0 Å². The second kappa shape index (κ2) is 12.2. The number of amides is 2. The van der Waals surface area contributed by atoms with Crippen molar-refractivity contribution in [1.29, 1.82) is 0 Å². The number of nitrogens with one attached hydrogen (secondary N) is 1. The molecule has 0 aliphatic carbocycles. The number of rotatable bonds is 8. The van der Waals surface area contributed by atoms with E-state index in [0.29, 0.717) is 24.6 Å². The van der Waals surface area contributed by atoms with E-state index in [9.17, 15) is 9.59 Å². The highest BCUT2D eigenvalue weighted by molar-refractivity contribution is 8.22. The Labute approximate surface area is 223 Å². The van der Waals surface area contributed by atoms with Gasteiger partial charge < -0.3 is 28.7 Å². The van der Waals surface area contributed by atoms with Gasteiger partial charge in [-0.1, -0.05) is 24.3 Å². The summed E-state index contributed by atoms with van der Waals surface area (Å²) in [6, 6.07) is 14.0. The van der Waals surface area contributed by atoms with Crippen molar-refractivity contribution in [2.45, 2.75) is 65.8 Å². The van der Waals surface area contributed by atoms with Gasteiger partial charge in [0.25, 0.3) is 0 Å². The molecule has 8 nitrogen and oxygen atoms in total. The lowest BCUT2D eigenvalue weighted by Gasteiger charge is -2.24. The SMILES string of the molecule is CN(Cc1ccc(OP(=S)(Cl)Oc2ccc(CNC(=O)OC(C)(C)C)cc2)cc1)C(=O)OC(C)(C)C. The molecule has 2 amide bonds. The highest BCUT2D eigenvalue weighted by Gasteiger charge is 2.21. The summed E-state index contributed by atoms with van der Waals surface area (Å²) in [4.78, 5) is 25.4. The molecule has 36 heavy (non-hydrogen) atoms. The van der Waals surface area contributed by atoms with E-state index in [0.717, 1.165) is 11.1 Å². The summed E-state index contributed by atoms with van der Waals surface area (Å²) in [5.74, 6) is -2.25. The first-order valence-electron chi connectivity index (χ1n) is 11.3. The average molecular weight is 557 g/mol. The molecule has 0 aliphatic heterocycles. The van der Waals surface area contributed by atoms with Crippen LogP contribution >= 0.6 is 17.1 Å². The molecule has 0 saturated carbocycles. The van der Waals surface area contributed by atoms with Crippen LogP contribution < -0.4 is 14.4 Å². The Balaban J connectivity index is 1.88. The second-order valence-corrected chi connectivity index (χ2v) is 14.7. The minimum atomic E-state index is -3.16. The molecular weight excluding hydrogens is 523 g/mol. The van der Waals surface area contributed by atoms with Gasteiger partial charge in [0.05, 0.1) is 0 Å². The molecule has 0 heterocycles. The zero-order valence-electron chi connectivity index (χ0n) is 21.7. The molecule has 0 bridgehead atoms. The Morgan fingerprint density at radius 1 is 0.861 bits per heavy atom. The predicted octanol–water partition coefficient (Wildman–Crippen LogP) is 7.00. The Morgan fingerprint density at radius 2 is 1.31 bits per heavy atom. The molecule has 2 aromatic carbocycles. The van der Waals surface area contributed by atoms with Gasteiger partial charge in [-0.3, -0.25) is 0 Å². The predicted molar refractivity (Wildman–Crippen MR) is 145 cm³/mol. The number of nitrogens with zero attached hydrogens (tertiary/aromatic N) is 1. The average Bonchev–Trinajstić information content (AvgIpc) is 2.71. The normalized spacial score (nSPS) is 13.2. The number of halogens is 1. The third kappa shape index (κ3) is 11.5. The zero-order chi connectivity index (χ0) is 27.1. The van der Waals surface area contributed by atoms with Gasteiger partial charge in [-0.15, -0.1) is 0 Å². The largest absolute Gasteiger partial charge is 0.444 e. The van der Waals surface area contributed by atoms with E-state index in [1.165, 1.54) is 4.90 Å². The standard InChI is InChI=1S/C25H34ClN2O6PS/c1-24(2,3)31-22(29)27-16-18-8-12-20(13-9-18)33-35(26,36)34-21-14-10-19(11-15-21)17-28(7)23(30)32-25(4,5)6/h8-15H,16-17H2,1-7H3,(H,27,29). The van der Waals surface area contributed by atoms with Crippen LogP contribution in [0.3, 0.4) is 0 Å². The first-order chi connectivity index (χ1) is 16.5. The Bertz CT molecular complexity index is 1080. The van der Waals surface area contributed by atoms with Gasteiger partial charge in [0.2, 0.25) is 0 Å². The van der Waals surface area contributed by atoms with Crippen molar-refractivity contribution >= 4 is 41.1 Å². The van der Waals surface area contributed by atoms with Crippen LogP contribution in [0.4, 0.5) is 9.59 Å². The molecule has 1 unspecified atom stereocenters. The van der Waals surface area contributed by atoms with Crippen LogP contribution in [-0.4, -0.2) is 35.3 Å². The van der Waals surface area contributed by atoms with E-state index in [2.05, 4.69) is 5.32 Å². The van der Waals surface area contributed by atoms with Crippen LogP contribution in [0.5, 0.6) is 11.5 Å². The summed E-state index contributed by atoms with van der Waals surface area (Å²) in [6.07, 6.45) is -0.894. The van der Waals surface area contributed by atoms with E-state index in [-0.39, 0.29) is 0 Å². The fourth-order valence-corrected chi connectivity index (χ4v) is 4.54. The number of carbonyl (C=O) groups is 2. The third-order valence-corrected chi connectivity index (χ3v) is 5.96. The molecular formula is C25H34ClN2O6PS. The van der Waals surface area contributed by atoms with Gasteiger partial charge >= 0.3 is 18.0 Å². The lowest BCUT2D eigenvalue weighted by atomic mass is 10.2. The topological polar surface area (TPSA) is 86.3 Å². The summed E-state index contributed by atoms with van der Waals surface area (Å²) in [6.45, 7) is 11.5. The molecule has 2 rings (SSSR count). The molecule has 1 N–H and O–H groups in total. The first kappa shape index (κ1) is 29.7. The van der Waals surface area contributed by atoms with Crippen LogP contribution in [0.2, 0.25) is 0 Å². The van der Waals surface area contributed by atoms with Gasteiger partial charge in [-0.05, 0) is 88.2 Å². The Hall–Kier alpha value is -2.48. The van der Waals surface area contributed by atoms with Crippen molar-refractivity contribution in [2.24, 2.45) is 0 Å². The Kier molecular flexibility index (Phi) is 10.1. The minimum Gasteiger partial charge on any atom is -0.444 e. The molecule has 0 aliphatic rings. The molecule has 0 radical (unpaired) electrons. The van der Waals surface area contributed by atoms with E-state index < -0.39 is 29.2 Å². The molecule has 1 atom stereocenters. The fraction of sp³-hybridized carbons (Fsp3) is 0.440. The molecule has 2 aromatic rings. The smallest absolute Gasteiger partial charge is 0.410 e. The van der Waals surface area contributed by atoms with Crippen molar-refractivity contribution in [1.82, 2.24) is 10.2 Å². The third-order valence-electron chi connectivity index (χ3n) is 4.24. The van der Waals surface area contributed by atoms with Crippen molar-refractivity contribution in [2.75, 3.05) is 7.05 Å². The minimum absolute atomic E-state index is 0.302. The highest BCUT2D eigenvalue weighted by atomic mass is 35.7. The number of carbonyl (C=O) groups excluding carboxylic acids is 2. The molecule has 0 aromatic heterocycles. The van der Waals surface area contributed by atoms with Crippen LogP contribution in [0.1, 0.15) is 52.7 Å². The van der Waals surface area contributed by atoms with Crippen molar-refractivity contribution in [3.8, 4) is 11.5 Å². The van der Waals surface area contributed by atoms with Crippen LogP contribution in [0.15, 0.2) is 48.5 Å². The van der Waals surface area contributed by atoms with Gasteiger partial charge in [-0.25, -0.2) is 9.59 Å². The lowest BCUT2D eigenvalue weighted by molar-refractivity contribution is 0.0284. The zero-order valence-corrected chi connectivity index (χ0v) is 24.1. The summed E-state index contributed by atoms with van der Waals surface area (Å²) in [7, 11) is 1.67. The van der Waals surface area contributed by atoms with Gasteiger partial charge in [0.1, 0.15) is 22.7 Å². The van der Waals surface area contributed by atoms with Gasteiger partial charge in [0.15, 0.2) is 0 Å². The second-order valence-electron chi connectivity index (χ2n) is 10.1. The van der Waals surface area contributed by atoms with Crippen molar-refractivity contribution < 1.29 is 28.1 Å². The summed E-state index contributed by atoms with van der Waals surface area (Å²) in [5.41, 5.74) is 0.617. The maximum absolute atomic E-state index is 12.1. The van der Waals surface area contributed by atoms with Crippen molar-refractivity contribution in [3.63, 3.8) is 0 Å². The number of alkyl carbamates (subject to hydrolysis) is 1. The molecule has 11 heteroatoms. The van der Waals surface area contributed by atoms with Crippen LogP contribution in [0, 0.1) is 0 Å². The maximum atomic E-state index is 12.1. The summed E-state index contributed by atoms with van der Waals surface area (Å²) < 4.78 is 22.0. The van der Waals surface area contributed by atoms with E-state index in [1.807, 2.05) is 32.9 Å². The fourth-order valence-electron chi connectivity index (χ4n) is 2.76. The molecule has 0 saturated heterocycles. The lowest BCUT2D eigenvalue weighted by Crippen LogP contribution is -2.33. The molecule has 198 valence electrons. The number of hydrogen-bond acceptors (Lipinski definition) is 7. The maximum Gasteiger partial charge on any atom is 0.410 e. The monoisotopic (exact) mass is 556 g/mol. The number of hydrogen-bond donors (Lipinski definition) is 1. The molecule has 0 fully saturated rings. The van der Waals surface area contributed by atoms with Crippen LogP contribution in [-0.2, 0) is 34.4 Å².